The number of nitrogens with one attached hydrogen (secondary N) is 1. The molecule has 1 aliphatic heterocycles. The molecule has 0 saturated carbocycles. The predicted molar refractivity (Wildman–Crippen MR) is 91.8 cm³/mol. The Morgan fingerprint density at radius 1 is 1.30 bits per heavy atom. The summed E-state index contributed by atoms with van der Waals surface area (Å²) >= 11 is 4.04. The number of hydrogen-bond donors (Lipinski definition) is 1. The van der Waals surface area contributed by atoms with Crippen molar-refractivity contribution in [1.82, 2.24) is 10.3 Å². The average Bonchev–Trinajstić information content (AvgIpc) is 2.81. The fourth-order valence-electron chi connectivity index (χ4n) is 2.45. The maximum Gasteiger partial charge on any atom is 0.106 e. The largest absolute Gasteiger partial charge is 0.310 e. The number of rotatable bonds is 4. The summed E-state index contributed by atoms with van der Waals surface area (Å²) < 4.78 is 0. The van der Waals surface area contributed by atoms with Crippen molar-refractivity contribution in [2.24, 2.45) is 0 Å². The Kier molecular flexibility index (Phi) is 5.55. The first-order valence-corrected chi connectivity index (χ1v) is 9.59. The molecular weight excluding hydrogens is 284 g/mol. The highest BCUT2D eigenvalue weighted by molar-refractivity contribution is 7.99. The molecule has 0 aliphatic carbocycles. The van der Waals surface area contributed by atoms with Gasteiger partial charge in [-0.3, -0.25) is 0 Å². The number of nitrogens with zero attached hydrogens (tertiary/aromatic N) is 1. The monoisotopic (exact) mass is 312 g/mol. The van der Waals surface area contributed by atoms with Gasteiger partial charge in [-0.2, -0.15) is 11.8 Å². The molecule has 2 heterocycles. The Morgan fingerprint density at radius 2 is 2.05 bits per heavy atom. The van der Waals surface area contributed by atoms with E-state index in [4.69, 9.17) is 4.98 Å². The molecule has 1 aliphatic rings. The number of aromatic nitrogens is 1. The van der Waals surface area contributed by atoms with E-state index in [2.05, 4.69) is 51.7 Å². The smallest absolute Gasteiger partial charge is 0.106 e. The van der Waals surface area contributed by atoms with E-state index in [9.17, 15) is 0 Å². The summed E-state index contributed by atoms with van der Waals surface area (Å²) in [5.41, 5.74) is 1.44. The minimum atomic E-state index is 0.141. The van der Waals surface area contributed by atoms with Gasteiger partial charge < -0.3 is 5.32 Å². The van der Waals surface area contributed by atoms with Gasteiger partial charge >= 0.3 is 0 Å². The fourth-order valence-corrected chi connectivity index (χ4v) is 5.22. The van der Waals surface area contributed by atoms with Crippen molar-refractivity contribution in [3.8, 4) is 0 Å². The van der Waals surface area contributed by atoms with Crippen LogP contribution in [-0.2, 0) is 12.0 Å². The van der Waals surface area contributed by atoms with Crippen LogP contribution in [0.2, 0.25) is 0 Å². The number of thiazole rings is 1. The lowest BCUT2D eigenvalue weighted by atomic mass is 9.91. The van der Waals surface area contributed by atoms with Gasteiger partial charge in [0.25, 0.3) is 0 Å². The van der Waals surface area contributed by atoms with Crippen molar-refractivity contribution in [2.75, 3.05) is 5.75 Å². The third kappa shape index (κ3) is 4.22. The van der Waals surface area contributed by atoms with Crippen LogP contribution in [0.25, 0.3) is 0 Å². The molecule has 1 atom stereocenters. The molecule has 1 aromatic rings. The molecule has 1 N–H and O–H groups in total. The van der Waals surface area contributed by atoms with Crippen LogP contribution in [0.3, 0.4) is 0 Å². The van der Waals surface area contributed by atoms with Crippen molar-refractivity contribution in [3.63, 3.8) is 0 Å². The lowest BCUT2D eigenvalue weighted by Crippen LogP contribution is -2.23. The van der Waals surface area contributed by atoms with E-state index in [1.54, 1.807) is 0 Å². The van der Waals surface area contributed by atoms with Crippen molar-refractivity contribution < 1.29 is 0 Å². The number of hydrogen-bond acceptors (Lipinski definition) is 4. The normalized spacial score (nSPS) is 20.6. The Labute approximate surface area is 132 Å². The third-order valence-corrected chi connectivity index (χ3v) is 6.25. The van der Waals surface area contributed by atoms with Crippen LogP contribution >= 0.6 is 23.1 Å². The van der Waals surface area contributed by atoms with Gasteiger partial charge in [0.05, 0.1) is 10.9 Å². The summed E-state index contributed by atoms with van der Waals surface area (Å²) in [6.45, 7) is 12.2. The third-order valence-electron chi connectivity index (χ3n) is 3.55. The Balaban J connectivity index is 2.21. The van der Waals surface area contributed by atoms with Crippen LogP contribution in [-0.4, -0.2) is 16.8 Å². The molecule has 0 bridgehead atoms. The molecular formula is C16H28N2S2. The molecule has 20 heavy (non-hydrogen) atoms. The van der Waals surface area contributed by atoms with E-state index in [0.29, 0.717) is 11.3 Å². The van der Waals surface area contributed by atoms with E-state index in [-0.39, 0.29) is 5.41 Å². The molecule has 0 aromatic carbocycles. The standard InChI is InChI=1S/C16H28N2S2/c1-11(2)17-10-13-14(16(3,4)5)18-15(20-13)12-8-6-7-9-19-12/h11-12,17H,6-10H2,1-5H3. The first kappa shape index (κ1) is 16.3. The number of thioether (sulfide) groups is 1. The van der Waals surface area contributed by atoms with E-state index in [1.165, 1.54) is 40.6 Å². The molecule has 1 fully saturated rings. The van der Waals surface area contributed by atoms with Gasteiger partial charge in [0.2, 0.25) is 0 Å². The van der Waals surface area contributed by atoms with Crippen LogP contribution in [0.5, 0.6) is 0 Å². The maximum atomic E-state index is 5.04. The van der Waals surface area contributed by atoms with Crippen molar-refractivity contribution in [3.05, 3.63) is 15.6 Å². The molecule has 1 aromatic heterocycles. The van der Waals surface area contributed by atoms with Gasteiger partial charge in [-0.1, -0.05) is 41.0 Å². The van der Waals surface area contributed by atoms with Crippen LogP contribution < -0.4 is 5.32 Å². The Morgan fingerprint density at radius 3 is 2.60 bits per heavy atom. The molecule has 2 rings (SSSR count). The molecule has 4 heteroatoms. The van der Waals surface area contributed by atoms with Crippen molar-refractivity contribution in [1.29, 1.82) is 0 Å². The molecule has 1 saturated heterocycles. The zero-order valence-corrected chi connectivity index (χ0v) is 15.1. The highest BCUT2D eigenvalue weighted by Crippen LogP contribution is 2.42. The first-order chi connectivity index (χ1) is 9.38. The van der Waals surface area contributed by atoms with Crippen LogP contribution in [0.15, 0.2) is 0 Å². The van der Waals surface area contributed by atoms with Crippen molar-refractivity contribution >= 4 is 23.1 Å². The summed E-state index contributed by atoms with van der Waals surface area (Å²) in [5, 5.41) is 5.56. The SMILES string of the molecule is CC(C)NCc1sc(C2CCCCS2)nc1C(C)(C)C. The van der Waals surface area contributed by atoms with Gasteiger partial charge in [0.1, 0.15) is 5.01 Å². The molecule has 0 radical (unpaired) electrons. The summed E-state index contributed by atoms with van der Waals surface area (Å²) in [5.74, 6) is 1.30. The molecule has 0 spiro atoms. The fraction of sp³-hybridized carbons (Fsp3) is 0.812. The van der Waals surface area contributed by atoms with E-state index < -0.39 is 0 Å². The van der Waals surface area contributed by atoms with E-state index >= 15 is 0 Å². The second-order valence-corrected chi connectivity index (χ2v) is 9.39. The minimum Gasteiger partial charge on any atom is -0.310 e. The lowest BCUT2D eigenvalue weighted by molar-refractivity contribution is 0.543. The van der Waals surface area contributed by atoms with Crippen LogP contribution in [0.1, 0.15) is 74.7 Å². The highest BCUT2D eigenvalue weighted by Gasteiger charge is 2.27. The van der Waals surface area contributed by atoms with Gasteiger partial charge in [-0.25, -0.2) is 4.98 Å². The summed E-state index contributed by atoms with van der Waals surface area (Å²) in [6.07, 6.45) is 4.04. The predicted octanol–water partition coefficient (Wildman–Crippen LogP) is 4.90. The van der Waals surface area contributed by atoms with E-state index in [1.807, 2.05) is 11.3 Å². The van der Waals surface area contributed by atoms with Crippen LogP contribution in [0, 0.1) is 0 Å². The average molecular weight is 313 g/mol. The second-order valence-electron chi connectivity index (χ2n) is 6.96. The van der Waals surface area contributed by atoms with Gasteiger partial charge in [0, 0.05) is 22.9 Å². The lowest BCUT2D eigenvalue weighted by Gasteiger charge is -2.20. The molecule has 1 unspecified atom stereocenters. The highest BCUT2D eigenvalue weighted by atomic mass is 32.2. The van der Waals surface area contributed by atoms with E-state index in [0.717, 1.165) is 6.54 Å². The summed E-state index contributed by atoms with van der Waals surface area (Å²) in [4.78, 5) is 6.48. The first-order valence-electron chi connectivity index (χ1n) is 7.73. The Hall–Kier alpha value is -0.0600. The summed E-state index contributed by atoms with van der Waals surface area (Å²) in [7, 11) is 0. The quantitative estimate of drug-likeness (QED) is 0.856. The molecule has 2 nitrogen and oxygen atoms in total. The Bertz CT molecular complexity index is 426. The zero-order chi connectivity index (χ0) is 14.8. The zero-order valence-electron chi connectivity index (χ0n) is 13.5. The van der Waals surface area contributed by atoms with Crippen molar-refractivity contribution in [2.45, 2.75) is 77.1 Å². The second kappa shape index (κ2) is 6.80. The summed E-state index contributed by atoms with van der Waals surface area (Å²) in [6, 6.07) is 0.525. The molecule has 0 amide bonds. The topological polar surface area (TPSA) is 24.9 Å². The van der Waals surface area contributed by atoms with Gasteiger partial charge in [-0.15, -0.1) is 11.3 Å². The van der Waals surface area contributed by atoms with Gasteiger partial charge in [0.15, 0.2) is 0 Å². The molecule has 114 valence electrons. The minimum absolute atomic E-state index is 0.141. The van der Waals surface area contributed by atoms with Crippen LogP contribution in [0.4, 0.5) is 0 Å². The van der Waals surface area contributed by atoms with Gasteiger partial charge in [-0.05, 0) is 18.6 Å². The maximum absolute atomic E-state index is 5.04.